The number of unbranched alkanes of at least 4 members (excludes halogenated alkanes) is 12. The Bertz CT molecular complexity index is 747. The van der Waals surface area contributed by atoms with Crippen LogP contribution in [0.5, 0.6) is 0 Å². The van der Waals surface area contributed by atoms with E-state index in [2.05, 4.69) is 86.8 Å². The van der Waals surface area contributed by atoms with Crippen LogP contribution in [-0.2, 0) is 15.1 Å². The average molecular weight is 609 g/mol. The zero-order valence-corrected chi connectivity index (χ0v) is 27.8. The molecule has 0 radical (unpaired) electrons. The second-order valence-electron chi connectivity index (χ2n) is 10.5. The molecule has 42 heavy (non-hydrogen) atoms. The third-order valence-corrected chi connectivity index (χ3v) is 6.38. The van der Waals surface area contributed by atoms with E-state index in [0.29, 0.717) is 0 Å². The molecule has 0 bridgehead atoms. The van der Waals surface area contributed by atoms with Gasteiger partial charge in [-0.05, 0) is 77.0 Å². The molecule has 2 N–H and O–H groups in total. The highest BCUT2D eigenvalue weighted by Gasteiger charge is 1.94. The van der Waals surface area contributed by atoms with Crippen molar-refractivity contribution in [2.75, 3.05) is 13.2 Å². The van der Waals surface area contributed by atoms with Crippen molar-refractivity contribution in [1.29, 1.82) is 0 Å². The van der Waals surface area contributed by atoms with Crippen molar-refractivity contribution in [3.8, 4) is 0 Å². The van der Waals surface area contributed by atoms with Crippen LogP contribution < -0.4 is 0 Å². The summed E-state index contributed by atoms with van der Waals surface area (Å²) in [6.07, 6.45) is 52.4. The molecule has 0 atom stereocenters. The predicted octanol–water partition coefficient (Wildman–Crippen LogP) is 11.5. The summed E-state index contributed by atoms with van der Waals surface area (Å²) in [6, 6.07) is 0. The van der Waals surface area contributed by atoms with Gasteiger partial charge in [0.2, 0.25) is 0 Å². The van der Waals surface area contributed by atoms with Gasteiger partial charge in [0.05, 0.1) is 0 Å². The van der Waals surface area contributed by atoms with Gasteiger partial charge in [-0.3, -0.25) is 9.11 Å². The largest absolute Gasteiger partial charge is 0.394 e. The summed E-state index contributed by atoms with van der Waals surface area (Å²) < 4.78 is 37.4. The van der Waals surface area contributed by atoms with E-state index in [9.17, 15) is 0 Å². The van der Waals surface area contributed by atoms with Gasteiger partial charge in [-0.15, -0.1) is 0 Å². The van der Waals surface area contributed by atoms with Crippen LogP contribution in [-0.4, -0.2) is 30.7 Å². The monoisotopic (exact) mass is 608 g/mol. The molecular formula is C36H64O5S. The maximum Gasteiger partial charge on any atom is 0.394 e. The topological polar surface area (TPSA) is 83.8 Å². The Labute approximate surface area is 260 Å². The van der Waals surface area contributed by atoms with Crippen LogP contribution in [0.25, 0.3) is 0 Å². The molecule has 5 nitrogen and oxygen atoms in total. The first kappa shape index (κ1) is 42.4. The lowest BCUT2D eigenvalue weighted by molar-refractivity contribution is 0.125. The minimum Gasteiger partial charge on any atom is -0.381 e. The molecule has 0 aliphatic heterocycles. The minimum atomic E-state index is -4.67. The fourth-order valence-corrected chi connectivity index (χ4v) is 4.10. The molecule has 0 saturated carbocycles. The Hall–Kier alpha value is -1.73. The lowest BCUT2D eigenvalue weighted by atomic mass is 10.1. The highest BCUT2D eigenvalue weighted by atomic mass is 32.3. The second kappa shape index (κ2) is 37.3. The van der Waals surface area contributed by atoms with Gasteiger partial charge in [0, 0.05) is 13.2 Å². The molecule has 0 aromatic carbocycles. The smallest absolute Gasteiger partial charge is 0.381 e. The standard InChI is InChI=1S/C36H62O.H2O4S/c1-3-5-7-9-11-13-15-17-19-21-23-25-27-29-31-33-35-37-36-34-32-30-28-26-24-22-20-18-16-14-12-10-8-6-4-2;1-5(2,3)4/h5-8,11-14,17-20H,3-4,9-10,15-16,21-36H2,1-2H3;(H2,1,2,3,4)/b7-5-,8-6-,13-11-,14-12-,19-17-,20-18-;. The lowest BCUT2D eigenvalue weighted by Crippen LogP contribution is -1.97. The molecule has 6 heteroatoms. The van der Waals surface area contributed by atoms with Gasteiger partial charge in [-0.2, -0.15) is 8.42 Å². The Balaban J connectivity index is 0. The van der Waals surface area contributed by atoms with Gasteiger partial charge in [0.1, 0.15) is 0 Å². The summed E-state index contributed by atoms with van der Waals surface area (Å²) in [4.78, 5) is 0. The van der Waals surface area contributed by atoms with Crippen LogP contribution in [0.3, 0.4) is 0 Å². The number of hydrogen-bond donors (Lipinski definition) is 2. The third kappa shape index (κ3) is 51.0. The van der Waals surface area contributed by atoms with Crippen LogP contribution in [0.15, 0.2) is 72.9 Å². The van der Waals surface area contributed by atoms with Crippen molar-refractivity contribution in [2.45, 2.75) is 142 Å². The third-order valence-electron chi connectivity index (χ3n) is 6.38. The zero-order valence-electron chi connectivity index (χ0n) is 27.0. The Kier molecular flexibility index (Phi) is 37.7. The molecule has 0 aliphatic carbocycles. The first-order valence-electron chi connectivity index (χ1n) is 16.6. The van der Waals surface area contributed by atoms with Crippen molar-refractivity contribution >= 4 is 10.4 Å². The van der Waals surface area contributed by atoms with Crippen LogP contribution in [0.4, 0.5) is 0 Å². The maximum absolute atomic E-state index is 8.74. The number of hydrogen-bond acceptors (Lipinski definition) is 3. The highest BCUT2D eigenvalue weighted by Crippen LogP contribution is 2.10. The normalized spacial score (nSPS) is 12.7. The van der Waals surface area contributed by atoms with E-state index < -0.39 is 10.4 Å². The van der Waals surface area contributed by atoms with Crippen LogP contribution >= 0.6 is 0 Å². The number of ether oxygens (including phenoxy) is 1. The lowest BCUT2D eigenvalue weighted by Gasteiger charge is -2.05. The molecule has 0 fully saturated rings. The van der Waals surface area contributed by atoms with E-state index in [-0.39, 0.29) is 0 Å². The molecule has 0 heterocycles. The molecule has 0 spiro atoms. The van der Waals surface area contributed by atoms with E-state index in [0.717, 1.165) is 51.7 Å². The molecule has 0 unspecified atom stereocenters. The van der Waals surface area contributed by atoms with Gasteiger partial charge in [-0.25, -0.2) is 0 Å². The van der Waals surface area contributed by atoms with Gasteiger partial charge >= 0.3 is 10.4 Å². The molecule has 0 aromatic heterocycles. The van der Waals surface area contributed by atoms with E-state index in [1.807, 2.05) is 0 Å². The minimum absolute atomic E-state index is 0.960. The van der Waals surface area contributed by atoms with Gasteiger partial charge in [0.15, 0.2) is 0 Å². The van der Waals surface area contributed by atoms with E-state index in [1.165, 1.54) is 89.9 Å². The van der Waals surface area contributed by atoms with Gasteiger partial charge < -0.3 is 4.74 Å². The number of allylic oxidation sites excluding steroid dienone is 12. The SMILES string of the molecule is CC/C=C\C/C=C\C/C=C\CCCCCCCCOCCCCCCCC/C=C\C/C=C\C/C=C\CC.O=S(=O)(O)O. The quantitative estimate of drug-likeness (QED) is 0.0524. The molecule has 0 aromatic rings. The summed E-state index contributed by atoms with van der Waals surface area (Å²) in [5.74, 6) is 0. The van der Waals surface area contributed by atoms with Crippen molar-refractivity contribution in [2.24, 2.45) is 0 Å². The van der Waals surface area contributed by atoms with E-state index in [4.69, 9.17) is 22.3 Å². The van der Waals surface area contributed by atoms with Gasteiger partial charge in [0.25, 0.3) is 0 Å². The molecule has 0 aliphatic rings. The highest BCUT2D eigenvalue weighted by molar-refractivity contribution is 7.79. The molecular weight excluding hydrogens is 544 g/mol. The molecule has 0 amide bonds. The van der Waals surface area contributed by atoms with Crippen molar-refractivity contribution in [3.05, 3.63) is 72.9 Å². The van der Waals surface area contributed by atoms with Crippen LogP contribution in [0.1, 0.15) is 142 Å². The molecule has 0 saturated heterocycles. The first-order chi connectivity index (χ1) is 20.4. The maximum atomic E-state index is 8.74. The van der Waals surface area contributed by atoms with E-state index >= 15 is 0 Å². The zero-order chi connectivity index (χ0) is 31.2. The Morgan fingerprint density at radius 3 is 1.02 bits per heavy atom. The summed E-state index contributed by atoms with van der Waals surface area (Å²) in [6.45, 7) is 6.28. The summed E-state index contributed by atoms with van der Waals surface area (Å²) in [5.41, 5.74) is 0. The summed E-state index contributed by atoms with van der Waals surface area (Å²) >= 11 is 0. The predicted molar refractivity (Wildman–Crippen MR) is 184 cm³/mol. The Morgan fingerprint density at radius 1 is 0.429 bits per heavy atom. The Morgan fingerprint density at radius 2 is 0.690 bits per heavy atom. The first-order valence-corrected chi connectivity index (χ1v) is 18.0. The number of rotatable bonds is 28. The van der Waals surface area contributed by atoms with Crippen molar-refractivity contribution in [1.82, 2.24) is 0 Å². The molecule has 244 valence electrons. The van der Waals surface area contributed by atoms with Gasteiger partial charge in [-0.1, -0.05) is 138 Å². The second-order valence-corrected chi connectivity index (χ2v) is 11.4. The summed E-state index contributed by atoms with van der Waals surface area (Å²) in [7, 11) is -4.67. The van der Waals surface area contributed by atoms with E-state index in [1.54, 1.807) is 0 Å². The fourth-order valence-electron chi connectivity index (χ4n) is 4.10. The average Bonchev–Trinajstić information content (AvgIpc) is 2.94. The van der Waals surface area contributed by atoms with Crippen molar-refractivity contribution in [3.63, 3.8) is 0 Å². The van der Waals surface area contributed by atoms with Crippen molar-refractivity contribution < 1.29 is 22.3 Å². The fraction of sp³-hybridized carbons (Fsp3) is 0.667. The van der Waals surface area contributed by atoms with Crippen LogP contribution in [0, 0.1) is 0 Å². The van der Waals surface area contributed by atoms with Crippen LogP contribution in [0.2, 0.25) is 0 Å². The summed E-state index contributed by atoms with van der Waals surface area (Å²) in [5, 5.41) is 0. The molecule has 0 rings (SSSR count).